The van der Waals surface area contributed by atoms with Crippen molar-refractivity contribution in [3.05, 3.63) is 62.4 Å². The summed E-state index contributed by atoms with van der Waals surface area (Å²) in [6, 6.07) is 8.90. The van der Waals surface area contributed by atoms with E-state index in [1.807, 2.05) is 12.1 Å². The van der Waals surface area contributed by atoms with Gasteiger partial charge in [-0.15, -0.1) is 0 Å². The first kappa shape index (κ1) is 24.3. The second kappa shape index (κ2) is 11.5. The number of rotatable bonds is 2. The predicted octanol–water partition coefficient (Wildman–Crippen LogP) is 2.33. The average molecular weight is 469 g/mol. The number of piperidine rings is 1. The SMILES string of the molecule is Cc1cn(CC(=O)N2CCCCN3CCCCC3CCc3cccc(c3)OCC2)c(=O)[nH]c1=O. The molecule has 2 aliphatic heterocycles. The van der Waals surface area contributed by atoms with Gasteiger partial charge in [0.05, 0.1) is 6.54 Å². The van der Waals surface area contributed by atoms with Gasteiger partial charge in [0.1, 0.15) is 18.9 Å². The molecule has 2 aliphatic rings. The first-order valence-electron chi connectivity index (χ1n) is 12.5. The fourth-order valence-corrected chi connectivity index (χ4v) is 5.04. The van der Waals surface area contributed by atoms with Crippen LogP contribution in [0.1, 0.15) is 49.7 Å². The number of aromatic nitrogens is 2. The Balaban J connectivity index is 1.47. The van der Waals surface area contributed by atoms with E-state index in [0.29, 0.717) is 31.3 Å². The van der Waals surface area contributed by atoms with Crippen molar-refractivity contribution >= 4 is 5.91 Å². The maximum atomic E-state index is 13.1. The van der Waals surface area contributed by atoms with Crippen molar-refractivity contribution in [2.45, 2.75) is 64.5 Å². The van der Waals surface area contributed by atoms with E-state index in [0.717, 1.165) is 38.1 Å². The van der Waals surface area contributed by atoms with Crippen LogP contribution in [0.5, 0.6) is 5.75 Å². The van der Waals surface area contributed by atoms with Crippen LogP contribution in [-0.4, -0.2) is 64.1 Å². The molecule has 1 amide bonds. The molecule has 8 heteroatoms. The second-order valence-electron chi connectivity index (χ2n) is 9.51. The van der Waals surface area contributed by atoms with Crippen LogP contribution in [0, 0.1) is 6.92 Å². The van der Waals surface area contributed by atoms with Gasteiger partial charge in [0.25, 0.3) is 5.56 Å². The number of ether oxygens (including phenoxy) is 1. The first-order valence-corrected chi connectivity index (χ1v) is 12.5. The van der Waals surface area contributed by atoms with Crippen molar-refractivity contribution in [3.8, 4) is 5.75 Å². The van der Waals surface area contributed by atoms with Crippen LogP contribution < -0.4 is 16.0 Å². The van der Waals surface area contributed by atoms with Crippen molar-refractivity contribution in [2.75, 3.05) is 32.8 Å². The average Bonchev–Trinajstić information content (AvgIpc) is 2.83. The largest absolute Gasteiger partial charge is 0.492 e. The fraction of sp³-hybridized carbons (Fsp3) is 0.577. The molecule has 1 unspecified atom stereocenters. The number of nitrogens with one attached hydrogen (secondary N) is 1. The standard InChI is InChI=1S/C26H36N4O4/c1-20-18-30(26(33)27-25(20)32)19-24(31)29-14-5-4-13-28-12-3-2-8-22(28)11-10-21-7-6-9-23(17-21)34-16-15-29/h6-7,9,17-18,22H,2-5,8,10-16,19H2,1H3,(H,27,32,33). The quantitative estimate of drug-likeness (QED) is 0.731. The van der Waals surface area contributed by atoms with E-state index in [2.05, 4.69) is 22.0 Å². The van der Waals surface area contributed by atoms with Crippen LogP contribution in [0.2, 0.25) is 0 Å². The van der Waals surface area contributed by atoms with Gasteiger partial charge in [0.15, 0.2) is 0 Å². The Morgan fingerprint density at radius 2 is 1.85 bits per heavy atom. The zero-order valence-electron chi connectivity index (χ0n) is 20.1. The molecule has 1 N–H and O–H groups in total. The van der Waals surface area contributed by atoms with E-state index >= 15 is 0 Å². The van der Waals surface area contributed by atoms with E-state index in [9.17, 15) is 14.4 Å². The summed E-state index contributed by atoms with van der Waals surface area (Å²) in [5.74, 6) is 0.679. The topological polar surface area (TPSA) is 87.6 Å². The Morgan fingerprint density at radius 1 is 1.06 bits per heavy atom. The van der Waals surface area contributed by atoms with Gasteiger partial charge in [0.2, 0.25) is 5.91 Å². The third-order valence-electron chi connectivity index (χ3n) is 7.01. The van der Waals surface area contributed by atoms with Crippen LogP contribution in [0.3, 0.4) is 0 Å². The van der Waals surface area contributed by atoms with Gasteiger partial charge in [-0.1, -0.05) is 18.6 Å². The molecule has 0 spiro atoms. The minimum Gasteiger partial charge on any atom is -0.492 e. The monoisotopic (exact) mass is 468 g/mol. The van der Waals surface area contributed by atoms with Gasteiger partial charge >= 0.3 is 5.69 Å². The number of H-pyrrole nitrogens is 1. The summed E-state index contributed by atoms with van der Waals surface area (Å²) in [7, 11) is 0. The minimum atomic E-state index is -0.563. The Kier molecular flexibility index (Phi) is 8.21. The highest BCUT2D eigenvalue weighted by atomic mass is 16.5. The van der Waals surface area contributed by atoms with Crippen molar-refractivity contribution < 1.29 is 9.53 Å². The Hall–Kier alpha value is -2.87. The van der Waals surface area contributed by atoms with Crippen LogP contribution in [-0.2, 0) is 17.8 Å². The van der Waals surface area contributed by atoms with Gasteiger partial charge in [-0.2, -0.15) is 0 Å². The fourth-order valence-electron chi connectivity index (χ4n) is 5.04. The molecule has 1 fully saturated rings. The summed E-state index contributed by atoms with van der Waals surface area (Å²) < 4.78 is 7.27. The third kappa shape index (κ3) is 6.38. The minimum absolute atomic E-state index is 0.0971. The molecule has 1 atom stereocenters. The number of nitrogens with zero attached hydrogens (tertiary/aromatic N) is 3. The van der Waals surface area contributed by atoms with Crippen molar-refractivity contribution in [3.63, 3.8) is 0 Å². The van der Waals surface area contributed by atoms with E-state index in [4.69, 9.17) is 4.74 Å². The number of aromatic amines is 1. The molecule has 3 heterocycles. The highest BCUT2D eigenvalue weighted by Crippen LogP contribution is 2.23. The summed E-state index contributed by atoms with van der Waals surface area (Å²) in [6.07, 6.45) is 9.43. The molecule has 8 nitrogen and oxygen atoms in total. The summed E-state index contributed by atoms with van der Waals surface area (Å²) in [5, 5.41) is 0. The van der Waals surface area contributed by atoms with Crippen LogP contribution in [0.15, 0.2) is 40.1 Å². The van der Waals surface area contributed by atoms with Gasteiger partial charge in [-0.3, -0.25) is 19.1 Å². The number of carbonyl (C=O) groups is 1. The molecule has 4 rings (SSSR count). The highest BCUT2D eigenvalue weighted by molar-refractivity contribution is 5.76. The number of fused-ring (bicyclic) bond motifs is 3. The van der Waals surface area contributed by atoms with Gasteiger partial charge in [-0.05, 0) is 76.2 Å². The van der Waals surface area contributed by atoms with Crippen LogP contribution >= 0.6 is 0 Å². The second-order valence-corrected chi connectivity index (χ2v) is 9.51. The van der Waals surface area contributed by atoms with Crippen LogP contribution in [0.25, 0.3) is 0 Å². The molecule has 184 valence electrons. The van der Waals surface area contributed by atoms with E-state index in [-0.39, 0.29) is 12.5 Å². The number of aryl methyl sites for hydroxylation is 2. The summed E-state index contributed by atoms with van der Waals surface area (Å²) in [6.45, 7) is 5.21. The maximum Gasteiger partial charge on any atom is 0.328 e. The molecule has 0 radical (unpaired) electrons. The van der Waals surface area contributed by atoms with Gasteiger partial charge < -0.3 is 14.5 Å². The van der Waals surface area contributed by atoms with E-state index in [1.165, 1.54) is 42.0 Å². The molecule has 1 aromatic heterocycles. The number of amides is 1. The van der Waals surface area contributed by atoms with Crippen molar-refractivity contribution in [1.82, 2.24) is 19.4 Å². The molecule has 0 saturated carbocycles. The first-order chi connectivity index (χ1) is 16.5. The zero-order valence-corrected chi connectivity index (χ0v) is 20.1. The highest BCUT2D eigenvalue weighted by Gasteiger charge is 2.22. The lowest BCUT2D eigenvalue weighted by atomic mass is 9.95. The lowest BCUT2D eigenvalue weighted by Crippen LogP contribution is -2.42. The predicted molar refractivity (Wildman–Crippen MR) is 131 cm³/mol. The summed E-state index contributed by atoms with van der Waals surface area (Å²) in [4.78, 5) is 43.6. The Morgan fingerprint density at radius 3 is 2.71 bits per heavy atom. The molecule has 2 aromatic rings. The Labute approximate surface area is 200 Å². The van der Waals surface area contributed by atoms with E-state index in [1.54, 1.807) is 11.8 Å². The van der Waals surface area contributed by atoms with Gasteiger partial charge in [0, 0.05) is 24.3 Å². The molecule has 0 aliphatic carbocycles. The number of hydrogen-bond acceptors (Lipinski definition) is 5. The smallest absolute Gasteiger partial charge is 0.328 e. The molecule has 34 heavy (non-hydrogen) atoms. The third-order valence-corrected chi connectivity index (χ3v) is 7.01. The number of benzene rings is 1. The van der Waals surface area contributed by atoms with Crippen LogP contribution in [0.4, 0.5) is 0 Å². The zero-order chi connectivity index (χ0) is 23.9. The lowest BCUT2D eigenvalue weighted by Gasteiger charge is -2.36. The number of hydrogen-bond donors (Lipinski definition) is 1. The maximum absolute atomic E-state index is 13.1. The van der Waals surface area contributed by atoms with Crippen molar-refractivity contribution in [1.29, 1.82) is 0 Å². The number of carbonyl (C=O) groups excluding carboxylic acids is 1. The molecule has 2 bridgehead atoms. The van der Waals surface area contributed by atoms with E-state index < -0.39 is 11.2 Å². The molecule has 1 aromatic carbocycles. The van der Waals surface area contributed by atoms with Crippen molar-refractivity contribution in [2.24, 2.45) is 0 Å². The Bertz CT molecular complexity index is 1090. The molecular formula is C26H36N4O4. The lowest BCUT2D eigenvalue weighted by molar-refractivity contribution is -0.132. The molecule has 1 saturated heterocycles. The molecular weight excluding hydrogens is 432 g/mol. The summed E-state index contributed by atoms with van der Waals surface area (Å²) >= 11 is 0. The summed E-state index contributed by atoms with van der Waals surface area (Å²) in [5.41, 5.74) is 0.712. The van der Waals surface area contributed by atoms with Gasteiger partial charge in [-0.25, -0.2) is 4.79 Å². The normalized spacial score (nSPS) is 20.5.